The Morgan fingerprint density at radius 1 is 1.15 bits per heavy atom. The van der Waals surface area contributed by atoms with Gasteiger partial charge in [-0.25, -0.2) is 18.3 Å². The zero-order chi connectivity index (χ0) is 34.3. The highest BCUT2D eigenvalue weighted by Gasteiger charge is 2.49. The SMILES string of the molecule is CC(C)n1nc([C@H](COC(C)(C)C(F)(F)F)c2cn3ncc([C@H](NC(=O)CC4CC(F)(F)C4)C4CCOCC4)cc3n2)cc1C(N)=O. The highest BCUT2D eigenvalue weighted by atomic mass is 19.4. The van der Waals surface area contributed by atoms with Crippen LogP contribution in [0, 0.1) is 11.8 Å². The molecule has 258 valence electrons. The van der Waals surface area contributed by atoms with E-state index in [1.807, 2.05) is 0 Å². The molecule has 0 bridgehead atoms. The summed E-state index contributed by atoms with van der Waals surface area (Å²) in [4.78, 5) is 29.9. The summed E-state index contributed by atoms with van der Waals surface area (Å²) in [6.07, 6.45) is -0.851. The molecule has 3 aromatic heterocycles. The molecule has 0 unspecified atom stereocenters. The van der Waals surface area contributed by atoms with Gasteiger partial charge in [0, 0.05) is 38.5 Å². The molecule has 0 aromatic carbocycles. The lowest BCUT2D eigenvalue weighted by molar-refractivity contribution is -0.264. The van der Waals surface area contributed by atoms with Crippen molar-refractivity contribution in [3.8, 4) is 0 Å². The first kappa shape index (κ1) is 34.7. The van der Waals surface area contributed by atoms with Crippen LogP contribution in [0.3, 0.4) is 0 Å². The van der Waals surface area contributed by atoms with E-state index in [9.17, 15) is 31.5 Å². The molecule has 5 rings (SSSR count). The van der Waals surface area contributed by atoms with Gasteiger partial charge in [0.05, 0.1) is 42.3 Å². The summed E-state index contributed by atoms with van der Waals surface area (Å²) < 4.78 is 81.7. The highest BCUT2D eigenvalue weighted by Crippen LogP contribution is 2.44. The molecule has 16 heteroatoms. The first-order valence-electron chi connectivity index (χ1n) is 15.6. The highest BCUT2D eigenvalue weighted by molar-refractivity contribution is 5.91. The Kier molecular flexibility index (Phi) is 9.66. The smallest absolute Gasteiger partial charge is 0.381 e. The summed E-state index contributed by atoms with van der Waals surface area (Å²) in [6, 6.07) is 2.39. The molecule has 1 saturated carbocycles. The minimum Gasteiger partial charge on any atom is -0.381 e. The van der Waals surface area contributed by atoms with E-state index in [4.69, 9.17) is 15.2 Å². The first-order valence-corrected chi connectivity index (χ1v) is 15.6. The molecule has 0 spiro atoms. The van der Waals surface area contributed by atoms with Crippen LogP contribution in [0.5, 0.6) is 0 Å². The number of aromatic nitrogens is 5. The number of nitrogens with one attached hydrogen (secondary N) is 1. The molecule has 4 heterocycles. The molecule has 2 atom stereocenters. The van der Waals surface area contributed by atoms with Gasteiger partial charge in [-0.3, -0.25) is 14.3 Å². The number of halogens is 5. The van der Waals surface area contributed by atoms with Crippen LogP contribution in [0.2, 0.25) is 0 Å². The Morgan fingerprint density at radius 2 is 1.83 bits per heavy atom. The fourth-order valence-corrected chi connectivity index (χ4v) is 6.05. The van der Waals surface area contributed by atoms with Gasteiger partial charge in [-0.1, -0.05) is 0 Å². The van der Waals surface area contributed by atoms with E-state index in [0.29, 0.717) is 37.3 Å². The molecule has 2 amide bonds. The van der Waals surface area contributed by atoms with Gasteiger partial charge in [0.1, 0.15) is 5.69 Å². The molecule has 1 saturated heterocycles. The van der Waals surface area contributed by atoms with Crippen molar-refractivity contribution in [1.29, 1.82) is 0 Å². The van der Waals surface area contributed by atoms with Crippen LogP contribution in [0.4, 0.5) is 22.0 Å². The van der Waals surface area contributed by atoms with Crippen LogP contribution in [-0.2, 0) is 14.3 Å². The molecular formula is C31H40F5N7O4. The average molecular weight is 670 g/mol. The minimum absolute atomic E-state index is 0.00724. The third-order valence-corrected chi connectivity index (χ3v) is 8.93. The fraction of sp³-hybridized carbons (Fsp3) is 0.645. The zero-order valence-corrected chi connectivity index (χ0v) is 26.7. The summed E-state index contributed by atoms with van der Waals surface area (Å²) in [5.41, 5.74) is 4.68. The lowest BCUT2D eigenvalue weighted by atomic mass is 9.79. The number of ether oxygens (including phenoxy) is 2. The topological polar surface area (TPSA) is 139 Å². The van der Waals surface area contributed by atoms with Crippen LogP contribution >= 0.6 is 0 Å². The number of nitrogens with zero attached hydrogens (tertiary/aromatic N) is 5. The molecule has 3 aromatic rings. The van der Waals surface area contributed by atoms with Gasteiger partial charge in [0.2, 0.25) is 11.8 Å². The maximum atomic E-state index is 13.7. The minimum atomic E-state index is -4.66. The van der Waals surface area contributed by atoms with Crippen LogP contribution in [-0.4, -0.2) is 73.7 Å². The summed E-state index contributed by atoms with van der Waals surface area (Å²) in [6.45, 7) is 5.94. The van der Waals surface area contributed by atoms with E-state index in [-0.39, 0.29) is 60.1 Å². The van der Waals surface area contributed by atoms with Crippen LogP contribution in [0.25, 0.3) is 5.65 Å². The lowest BCUT2D eigenvalue weighted by Crippen LogP contribution is -2.42. The number of fused-ring (bicyclic) bond motifs is 1. The largest absolute Gasteiger partial charge is 0.416 e. The Labute approximate surface area is 268 Å². The van der Waals surface area contributed by atoms with Gasteiger partial charge in [-0.15, -0.1) is 0 Å². The van der Waals surface area contributed by atoms with Crippen molar-refractivity contribution in [1.82, 2.24) is 29.7 Å². The Bertz CT molecular complexity index is 1590. The zero-order valence-electron chi connectivity index (χ0n) is 26.7. The van der Waals surface area contributed by atoms with Crippen molar-refractivity contribution in [3.63, 3.8) is 0 Å². The molecule has 11 nitrogen and oxygen atoms in total. The lowest BCUT2D eigenvalue weighted by Gasteiger charge is -2.35. The first-order chi connectivity index (χ1) is 21.9. The standard InChI is InChI=1S/C31H40F5N7O4/c1-17(2)43-24(28(37)45)11-22(41-43)21(16-47-29(3,4)31(34,35)36)23-15-42-25(39-23)10-20(14-38-42)27(19-5-7-46-8-6-19)40-26(44)9-18-12-30(32,33)13-18/h10-11,14-15,17-19,21,27H,5-9,12-13,16H2,1-4H3,(H2,37,45)(H,40,44)/t21-,27+/m0/s1. The second-order valence-electron chi connectivity index (χ2n) is 13.3. The van der Waals surface area contributed by atoms with Gasteiger partial charge < -0.3 is 20.5 Å². The van der Waals surface area contributed by atoms with E-state index in [0.717, 1.165) is 13.8 Å². The summed E-state index contributed by atoms with van der Waals surface area (Å²) in [5.74, 6) is -5.13. The Morgan fingerprint density at radius 3 is 2.40 bits per heavy atom. The normalized spacial score (nSPS) is 19.1. The number of alkyl halides is 5. The molecule has 2 fully saturated rings. The quantitative estimate of drug-likeness (QED) is 0.256. The van der Waals surface area contributed by atoms with Gasteiger partial charge in [-0.2, -0.15) is 23.4 Å². The number of imidazole rings is 1. The molecule has 47 heavy (non-hydrogen) atoms. The Balaban J connectivity index is 1.47. The van der Waals surface area contributed by atoms with E-state index >= 15 is 0 Å². The van der Waals surface area contributed by atoms with Crippen molar-refractivity contribution in [2.45, 2.75) is 95.5 Å². The van der Waals surface area contributed by atoms with Crippen molar-refractivity contribution >= 4 is 17.5 Å². The molecule has 1 aliphatic carbocycles. The molecule has 3 N–H and O–H groups in total. The number of hydrogen-bond donors (Lipinski definition) is 2. The average Bonchev–Trinajstić information content (AvgIpc) is 3.60. The predicted octanol–water partition coefficient (Wildman–Crippen LogP) is 5.11. The number of carbonyl (C=O) groups is 2. The number of nitrogens with two attached hydrogens (primary N) is 1. The molecule has 1 aliphatic heterocycles. The summed E-state index contributed by atoms with van der Waals surface area (Å²) in [7, 11) is 0. The van der Waals surface area contributed by atoms with Gasteiger partial charge >= 0.3 is 6.18 Å². The van der Waals surface area contributed by atoms with Crippen molar-refractivity contribution in [2.24, 2.45) is 17.6 Å². The van der Waals surface area contributed by atoms with E-state index in [2.05, 4.69) is 20.5 Å². The monoisotopic (exact) mass is 669 g/mol. The van der Waals surface area contributed by atoms with E-state index < -0.39 is 42.2 Å². The van der Waals surface area contributed by atoms with E-state index in [1.165, 1.54) is 15.3 Å². The van der Waals surface area contributed by atoms with Crippen molar-refractivity contribution in [3.05, 3.63) is 47.2 Å². The number of amides is 2. The van der Waals surface area contributed by atoms with Gasteiger partial charge in [0.15, 0.2) is 11.2 Å². The van der Waals surface area contributed by atoms with E-state index in [1.54, 1.807) is 32.3 Å². The van der Waals surface area contributed by atoms with Crippen LogP contribution < -0.4 is 11.1 Å². The number of hydrogen-bond acceptors (Lipinski definition) is 7. The summed E-state index contributed by atoms with van der Waals surface area (Å²) in [5, 5.41) is 12.0. The number of primary amides is 1. The predicted molar refractivity (Wildman–Crippen MR) is 159 cm³/mol. The Hall–Kier alpha value is -3.66. The molecule has 0 radical (unpaired) electrons. The summed E-state index contributed by atoms with van der Waals surface area (Å²) >= 11 is 0. The molecular weight excluding hydrogens is 629 g/mol. The van der Waals surface area contributed by atoms with Crippen LogP contribution in [0.15, 0.2) is 24.5 Å². The van der Waals surface area contributed by atoms with Crippen LogP contribution in [0.1, 0.15) is 105 Å². The maximum Gasteiger partial charge on any atom is 0.416 e. The number of rotatable bonds is 12. The third kappa shape index (κ3) is 7.74. The molecule has 2 aliphatic rings. The van der Waals surface area contributed by atoms with Crippen molar-refractivity contribution < 1.29 is 41.0 Å². The number of carbonyl (C=O) groups excluding carboxylic acids is 2. The van der Waals surface area contributed by atoms with Crippen molar-refractivity contribution in [2.75, 3.05) is 19.8 Å². The fourth-order valence-electron chi connectivity index (χ4n) is 6.05. The van der Waals surface area contributed by atoms with Gasteiger partial charge in [-0.05, 0) is 70.1 Å². The maximum absolute atomic E-state index is 13.7. The third-order valence-electron chi connectivity index (χ3n) is 8.93. The second-order valence-corrected chi connectivity index (χ2v) is 13.3. The second kappa shape index (κ2) is 13.1. The van der Waals surface area contributed by atoms with Gasteiger partial charge in [0.25, 0.3) is 5.91 Å².